The molecule has 132 valence electrons. The molecule has 0 amide bonds. The molecule has 3 rings (SSSR count). The lowest BCUT2D eigenvalue weighted by Gasteiger charge is -2.09. The number of anilines is 1. The van der Waals surface area contributed by atoms with E-state index in [4.69, 9.17) is 15.2 Å². The summed E-state index contributed by atoms with van der Waals surface area (Å²) < 4.78 is 35.7. The van der Waals surface area contributed by atoms with E-state index in [0.29, 0.717) is 21.5 Å². The molecule has 10 nitrogen and oxygen atoms in total. The number of aromatic nitrogens is 5. The van der Waals surface area contributed by atoms with Gasteiger partial charge in [-0.3, -0.25) is 0 Å². The third-order valence-electron chi connectivity index (χ3n) is 3.26. The molecule has 2 heterocycles. The van der Waals surface area contributed by atoms with E-state index in [-0.39, 0.29) is 17.6 Å². The molecule has 0 saturated heterocycles. The number of nitrogen functional groups attached to an aromatic ring is 1. The first-order chi connectivity index (χ1) is 11.7. The fraction of sp³-hybridized carbons (Fsp3) is 0.231. The molecule has 0 radical (unpaired) electrons. The maximum Gasteiger partial charge on any atom is 0.258 e. The van der Waals surface area contributed by atoms with Crippen molar-refractivity contribution < 1.29 is 17.9 Å². The smallest absolute Gasteiger partial charge is 0.258 e. The monoisotopic (exact) mass is 428 g/mol. The average molecular weight is 429 g/mol. The highest BCUT2D eigenvalue weighted by atomic mass is 79.9. The number of sulfone groups is 1. The van der Waals surface area contributed by atoms with Gasteiger partial charge in [0.05, 0.1) is 24.3 Å². The normalized spacial score (nSPS) is 11.7. The van der Waals surface area contributed by atoms with Gasteiger partial charge < -0.3 is 15.2 Å². The summed E-state index contributed by atoms with van der Waals surface area (Å²) >= 11 is 3.39. The Balaban J connectivity index is 2.24. The lowest BCUT2D eigenvalue weighted by Crippen LogP contribution is -2.11. The minimum atomic E-state index is -3.63. The molecule has 2 N–H and O–H groups in total. The second kappa shape index (κ2) is 6.11. The van der Waals surface area contributed by atoms with Crippen molar-refractivity contribution in [3.8, 4) is 22.9 Å². The van der Waals surface area contributed by atoms with E-state index in [0.717, 1.165) is 10.8 Å². The van der Waals surface area contributed by atoms with Crippen LogP contribution in [0.4, 0.5) is 5.95 Å². The number of halogens is 1. The number of nitrogens with two attached hydrogens (primary N) is 1. The average Bonchev–Trinajstić information content (AvgIpc) is 2.98. The number of methoxy groups -OCH3 is 2. The zero-order valence-electron chi connectivity index (χ0n) is 13.4. The topological polar surface area (TPSA) is 135 Å². The lowest BCUT2D eigenvalue weighted by molar-refractivity contribution is 0.393. The Kier molecular flexibility index (Phi) is 4.24. The third kappa shape index (κ3) is 3.09. The molecule has 0 saturated carbocycles. The summed E-state index contributed by atoms with van der Waals surface area (Å²) in [5.74, 6) is 1.15. The summed E-state index contributed by atoms with van der Waals surface area (Å²) in [6.07, 6.45) is 0.985. The van der Waals surface area contributed by atoms with E-state index < -0.39 is 15.0 Å². The van der Waals surface area contributed by atoms with Crippen molar-refractivity contribution in [1.82, 2.24) is 24.6 Å². The number of ether oxygens (including phenoxy) is 2. The molecule has 2 aromatic heterocycles. The van der Waals surface area contributed by atoms with E-state index in [2.05, 4.69) is 36.0 Å². The van der Waals surface area contributed by atoms with Crippen LogP contribution in [0.3, 0.4) is 0 Å². The van der Waals surface area contributed by atoms with Gasteiger partial charge in [0.15, 0.2) is 5.82 Å². The van der Waals surface area contributed by atoms with E-state index in [1.165, 1.54) is 14.2 Å². The van der Waals surface area contributed by atoms with Crippen LogP contribution in [0, 0.1) is 0 Å². The van der Waals surface area contributed by atoms with Crippen molar-refractivity contribution in [2.45, 2.75) is 5.16 Å². The molecule has 0 spiro atoms. The van der Waals surface area contributed by atoms with Crippen molar-refractivity contribution in [2.24, 2.45) is 0 Å². The van der Waals surface area contributed by atoms with Crippen molar-refractivity contribution in [3.63, 3.8) is 0 Å². The zero-order chi connectivity index (χ0) is 18.4. The summed E-state index contributed by atoms with van der Waals surface area (Å²) in [6, 6.07) is 3.38. The van der Waals surface area contributed by atoms with Gasteiger partial charge in [0.25, 0.3) is 10.9 Å². The van der Waals surface area contributed by atoms with Gasteiger partial charge in [-0.05, 0) is 22.0 Å². The summed E-state index contributed by atoms with van der Waals surface area (Å²) in [7, 11) is -0.602. The second-order valence-electron chi connectivity index (χ2n) is 4.97. The standard InChI is InChI=1S/C13H13BrN6O4S/c1-23-8-5-9(24-2)7(14)4-6(8)10-16-12-18-13(25(3,21)22)17-11(15)20(12)19-10/h4-5H,1-3H3,(H2,15,16,17,18,19). The molecule has 0 aliphatic carbocycles. The maximum atomic E-state index is 11.6. The molecule has 0 bridgehead atoms. The van der Waals surface area contributed by atoms with Crippen LogP contribution < -0.4 is 15.2 Å². The van der Waals surface area contributed by atoms with Gasteiger partial charge in [0, 0.05) is 12.3 Å². The summed E-state index contributed by atoms with van der Waals surface area (Å²) in [5, 5.41) is 3.81. The van der Waals surface area contributed by atoms with Crippen LogP contribution in [-0.4, -0.2) is 53.5 Å². The van der Waals surface area contributed by atoms with Crippen molar-refractivity contribution in [1.29, 1.82) is 0 Å². The van der Waals surface area contributed by atoms with Crippen LogP contribution >= 0.6 is 15.9 Å². The van der Waals surface area contributed by atoms with E-state index in [1.807, 2.05) is 0 Å². The predicted molar refractivity (Wildman–Crippen MR) is 92.3 cm³/mol. The third-order valence-corrected chi connectivity index (χ3v) is 4.72. The molecule has 0 aliphatic heterocycles. The Bertz CT molecular complexity index is 1080. The maximum absolute atomic E-state index is 11.6. The largest absolute Gasteiger partial charge is 0.496 e. The summed E-state index contributed by atoms with van der Waals surface area (Å²) in [4.78, 5) is 11.9. The van der Waals surface area contributed by atoms with Gasteiger partial charge in [-0.2, -0.15) is 19.5 Å². The van der Waals surface area contributed by atoms with Gasteiger partial charge in [0.1, 0.15) is 11.5 Å². The van der Waals surface area contributed by atoms with Crippen LogP contribution in [-0.2, 0) is 9.84 Å². The van der Waals surface area contributed by atoms with Crippen LogP contribution in [0.5, 0.6) is 11.5 Å². The number of hydrogen-bond acceptors (Lipinski definition) is 9. The van der Waals surface area contributed by atoms with Crippen molar-refractivity contribution >= 4 is 37.5 Å². The first-order valence-corrected chi connectivity index (χ1v) is 9.45. The molecule has 12 heteroatoms. The molecular weight excluding hydrogens is 416 g/mol. The predicted octanol–water partition coefficient (Wildman–Crippen LogP) is 0.952. The summed E-state index contributed by atoms with van der Waals surface area (Å²) in [6.45, 7) is 0. The number of fused-ring (bicyclic) bond motifs is 1. The lowest BCUT2D eigenvalue weighted by atomic mass is 10.2. The van der Waals surface area contributed by atoms with Crippen LogP contribution in [0.25, 0.3) is 17.2 Å². The minimum Gasteiger partial charge on any atom is -0.496 e. The Labute approximate surface area is 151 Å². The highest BCUT2D eigenvalue weighted by molar-refractivity contribution is 9.10. The van der Waals surface area contributed by atoms with Gasteiger partial charge in [-0.15, -0.1) is 5.10 Å². The Morgan fingerprint density at radius 3 is 2.40 bits per heavy atom. The molecule has 1 aromatic carbocycles. The van der Waals surface area contributed by atoms with E-state index >= 15 is 0 Å². The Morgan fingerprint density at radius 2 is 1.80 bits per heavy atom. The van der Waals surface area contributed by atoms with Gasteiger partial charge in [-0.1, -0.05) is 0 Å². The minimum absolute atomic E-state index is 0.0110. The van der Waals surface area contributed by atoms with E-state index in [1.54, 1.807) is 12.1 Å². The Hall–Kier alpha value is -2.47. The summed E-state index contributed by atoms with van der Waals surface area (Å²) in [5.41, 5.74) is 6.32. The highest BCUT2D eigenvalue weighted by Gasteiger charge is 2.20. The first-order valence-electron chi connectivity index (χ1n) is 6.77. The van der Waals surface area contributed by atoms with Crippen LogP contribution in [0.1, 0.15) is 0 Å². The molecule has 3 aromatic rings. The molecule has 0 atom stereocenters. The molecule has 0 unspecified atom stereocenters. The fourth-order valence-electron chi connectivity index (χ4n) is 2.10. The van der Waals surface area contributed by atoms with Crippen LogP contribution in [0.15, 0.2) is 21.8 Å². The van der Waals surface area contributed by atoms with Crippen LogP contribution in [0.2, 0.25) is 0 Å². The molecular formula is C13H13BrN6O4S. The Morgan fingerprint density at radius 1 is 1.12 bits per heavy atom. The fourth-order valence-corrected chi connectivity index (χ4v) is 3.11. The first kappa shape index (κ1) is 17.4. The van der Waals surface area contributed by atoms with Gasteiger partial charge in [-0.25, -0.2) is 8.42 Å². The number of hydrogen-bond donors (Lipinski definition) is 1. The zero-order valence-corrected chi connectivity index (χ0v) is 15.8. The number of benzene rings is 1. The van der Waals surface area contributed by atoms with Crippen molar-refractivity contribution in [2.75, 3.05) is 26.2 Å². The highest BCUT2D eigenvalue weighted by Crippen LogP contribution is 2.37. The van der Waals surface area contributed by atoms with Gasteiger partial charge >= 0.3 is 0 Å². The van der Waals surface area contributed by atoms with E-state index in [9.17, 15) is 8.42 Å². The SMILES string of the molecule is COc1cc(OC)c(-c2nc3nc(S(C)(=O)=O)nc(N)n3n2)cc1Br. The van der Waals surface area contributed by atoms with Crippen molar-refractivity contribution in [3.05, 3.63) is 16.6 Å². The molecule has 25 heavy (non-hydrogen) atoms. The number of nitrogens with zero attached hydrogens (tertiary/aromatic N) is 5. The number of rotatable bonds is 4. The van der Waals surface area contributed by atoms with Gasteiger partial charge in [0.2, 0.25) is 15.8 Å². The molecule has 0 aliphatic rings. The second-order valence-corrected chi connectivity index (χ2v) is 7.73. The molecule has 0 fully saturated rings. The quantitative estimate of drug-likeness (QED) is 0.643.